The number of benzene rings is 1. The number of nitrogens with zero attached hydrogens (tertiary/aromatic N) is 2. The van der Waals surface area contributed by atoms with Crippen molar-refractivity contribution >= 4 is 5.91 Å². The molecule has 0 aliphatic carbocycles. The topological polar surface area (TPSA) is 76.7 Å². The molecule has 26 heavy (non-hydrogen) atoms. The fourth-order valence-corrected chi connectivity index (χ4v) is 3.34. The van der Waals surface area contributed by atoms with Crippen molar-refractivity contribution in [3.8, 4) is 11.5 Å². The number of nitrogens with one attached hydrogen (secondary N) is 1. The Kier molecular flexibility index (Phi) is 5.18. The monoisotopic (exact) mass is 359 g/mol. The maximum Gasteiger partial charge on any atom is 0.274 e. The Morgan fingerprint density at radius 2 is 2.12 bits per heavy atom. The van der Waals surface area contributed by atoms with Crippen LogP contribution in [0.25, 0.3) is 0 Å². The minimum absolute atomic E-state index is 0.0636. The third-order valence-electron chi connectivity index (χ3n) is 4.68. The Balaban J connectivity index is 1.81. The second kappa shape index (κ2) is 7.37. The molecule has 3 rings (SSSR count). The first-order chi connectivity index (χ1) is 12.4. The molecule has 140 valence electrons. The predicted octanol–water partition coefficient (Wildman–Crippen LogP) is 2.72. The number of amides is 1. The number of fused-ring (bicyclic) bond motifs is 1. The Labute approximate surface area is 153 Å². The highest BCUT2D eigenvalue weighted by Gasteiger charge is 2.30. The van der Waals surface area contributed by atoms with Gasteiger partial charge in [-0.25, -0.2) is 0 Å². The molecule has 0 fully saturated rings. The molecule has 0 bridgehead atoms. The van der Waals surface area contributed by atoms with E-state index < -0.39 is 0 Å². The average molecular weight is 359 g/mol. The van der Waals surface area contributed by atoms with Gasteiger partial charge < -0.3 is 19.1 Å². The van der Waals surface area contributed by atoms with E-state index >= 15 is 0 Å². The van der Waals surface area contributed by atoms with Crippen LogP contribution in [0.3, 0.4) is 0 Å². The van der Waals surface area contributed by atoms with Crippen molar-refractivity contribution in [2.75, 3.05) is 21.3 Å². The lowest BCUT2D eigenvalue weighted by molar-refractivity contribution is -0.00701. The molecule has 1 amide bonds. The van der Waals surface area contributed by atoms with E-state index in [4.69, 9.17) is 14.2 Å². The molecule has 0 saturated carbocycles. The van der Waals surface area contributed by atoms with Crippen molar-refractivity contribution < 1.29 is 19.0 Å². The van der Waals surface area contributed by atoms with Crippen LogP contribution in [0.4, 0.5) is 0 Å². The second-order valence-electron chi connectivity index (χ2n) is 6.60. The van der Waals surface area contributed by atoms with E-state index in [1.807, 2.05) is 32.0 Å². The SMILES string of the molecule is COc1ccc(CN(C)C(=O)c2n[nH]c3c2C[C@H](C)O[C@@H]3C)c(OC)c1. The van der Waals surface area contributed by atoms with Crippen LogP contribution in [0.1, 0.15) is 47.3 Å². The van der Waals surface area contributed by atoms with E-state index in [0.717, 1.165) is 16.8 Å². The number of aromatic nitrogens is 2. The average Bonchev–Trinajstić information content (AvgIpc) is 3.05. The van der Waals surface area contributed by atoms with Gasteiger partial charge >= 0.3 is 0 Å². The van der Waals surface area contributed by atoms with Gasteiger partial charge in [0.15, 0.2) is 5.69 Å². The standard InChI is InChI=1S/C19H25N3O4/c1-11-8-15-17(12(2)26-11)20-21-18(15)19(23)22(3)10-13-6-7-14(24-4)9-16(13)25-5/h6-7,9,11-12H,8,10H2,1-5H3,(H,20,21)/t11-,12+/m0/s1. The molecule has 2 heterocycles. The third-order valence-corrected chi connectivity index (χ3v) is 4.68. The number of H-pyrrole nitrogens is 1. The summed E-state index contributed by atoms with van der Waals surface area (Å²) in [6, 6.07) is 5.57. The molecule has 0 spiro atoms. The predicted molar refractivity (Wildman–Crippen MR) is 96.6 cm³/mol. The van der Waals surface area contributed by atoms with Gasteiger partial charge in [0.2, 0.25) is 0 Å². The van der Waals surface area contributed by atoms with Crippen LogP contribution >= 0.6 is 0 Å². The van der Waals surface area contributed by atoms with Crippen LogP contribution in [-0.4, -0.2) is 48.4 Å². The van der Waals surface area contributed by atoms with Gasteiger partial charge in [-0.05, 0) is 26.0 Å². The number of carbonyl (C=O) groups excluding carboxylic acids is 1. The summed E-state index contributed by atoms with van der Waals surface area (Å²) in [5.41, 5.74) is 3.22. The molecule has 1 aliphatic rings. The molecule has 1 aromatic carbocycles. The first-order valence-electron chi connectivity index (χ1n) is 8.63. The van der Waals surface area contributed by atoms with Crippen molar-refractivity contribution in [3.05, 3.63) is 40.7 Å². The van der Waals surface area contributed by atoms with Gasteiger partial charge in [-0.15, -0.1) is 0 Å². The molecular formula is C19H25N3O4. The summed E-state index contributed by atoms with van der Waals surface area (Å²) >= 11 is 0. The quantitative estimate of drug-likeness (QED) is 0.888. The maximum atomic E-state index is 13.0. The smallest absolute Gasteiger partial charge is 0.274 e. The molecule has 1 aromatic heterocycles. The first kappa shape index (κ1) is 18.3. The second-order valence-corrected chi connectivity index (χ2v) is 6.60. The van der Waals surface area contributed by atoms with E-state index in [1.54, 1.807) is 26.2 Å². The van der Waals surface area contributed by atoms with Crippen molar-refractivity contribution in [1.29, 1.82) is 0 Å². The summed E-state index contributed by atoms with van der Waals surface area (Å²) in [6.07, 6.45) is 0.653. The molecule has 1 N–H and O–H groups in total. The lowest BCUT2D eigenvalue weighted by atomic mass is 9.99. The number of hydrogen-bond donors (Lipinski definition) is 1. The van der Waals surface area contributed by atoms with Gasteiger partial charge in [-0.3, -0.25) is 9.89 Å². The number of aromatic amines is 1. The van der Waals surface area contributed by atoms with Gasteiger partial charge in [0.1, 0.15) is 11.5 Å². The zero-order valence-electron chi connectivity index (χ0n) is 15.8. The summed E-state index contributed by atoms with van der Waals surface area (Å²) in [7, 11) is 4.97. The summed E-state index contributed by atoms with van der Waals surface area (Å²) in [5.74, 6) is 1.27. The van der Waals surface area contributed by atoms with Crippen molar-refractivity contribution in [2.45, 2.75) is 39.0 Å². The van der Waals surface area contributed by atoms with Gasteiger partial charge in [-0.1, -0.05) is 0 Å². The summed E-state index contributed by atoms with van der Waals surface area (Å²) in [6.45, 7) is 4.38. The molecule has 1 aliphatic heterocycles. The van der Waals surface area contributed by atoms with E-state index in [9.17, 15) is 4.79 Å². The first-order valence-corrected chi connectivity index (χ1v) is 8.63. The fourth-order valence-electron chi connectivity index (χ4n) is 3.34. The highest BCUT2D eigenvalue weighted by atomic mass is 16.5. The van der Waals surface area contributed by atoms with Crippen molar-refractivity contribution in [1.82, 2.24) is 15.1 Å². The van der Waals surface area contributed by atoms with Crippen LogP contribution in [-0.2, 0) is 17.7 Å². The van der Waals surface area contributed by atoms with Crippen molar-refractivity contribution in [2.24, 2.45) is 0 Å². The molecule has 7 heteroatoms. The van der Waals surface area contributed by atoms with Crippen LogP contribution < -0.4 is 9.47 Å². The zero-order valence-corrected chi connectivity index (χ0v) is 15.8. The van der Waals surface area contributed by atoms with E-state index in [1.165, 1.54) is 0 Å². The lowest BCUT2D eigenvalue weighted by Crippen LogP contribution is -2.29. The number of ether oxygens (including phenoxy) is 3. The van der Waals surface area contributed by atoms with E-state index in [-0.39, 0.29) is 18.1 Å². The molecule has 0 radical (unpaired) electrons. The van der Waals surface area contributed by atoms with E-state index in [0.29, 0.717) is 30.2 Å². The molecule has 0 saturated heterocycles. The van der Waals surface area contributed by atoms with Crippen LogP contribution in [0.15, 0.2) is 18.2 Å². The van der Waals surface area contributed by atoms with E-state index in [2.05, 4.69) is 10.2 Å². The fraction of sp³-hybridized carbons (Fsp3) is 0.474. The number of rotatable bonds is 5. The minimum atomic E-state index is -0.123. The largest absolute Gasteiger partial charge is 0.497 e. The summed E-state index contributed by atoms with van der Waals surface area (Å²) < 4.78 is 16.4. The normalized spacial score (nSPS) is 19.0. The molecular weight excluding hydrogens is 334 g/mol. The van der Waals surface area contributed by atoms with Gasteiger partial charge in [0.25, 0.3) is 5.91 Å². The van der Waals surface area contributed by atoms with Gasteiger partial charge in [0, 0.05) is 37.2 Å². The lowest BCUT2D eigenvalue weighted by Gasteiger charge is -2.26. The van der Waals surface area contributed by atoms with Crippen LogP contribution in [0.5, 0.6) is 11.5 Å². The molecule has 2 atom stereocenters. The Bertz CT molecular complexity index is 802. The van der Waals surface area contributed by atoms with Gasteiger partial charge in [0.05, 0.1) is 32.1 Å². The van der Waals surface area contributed by atoms with Gasteiger partial charge in [-0.2, -0.15) is 5.10 Å². The summed E-state index contributed by atoms with van der Waals surface area (Å²) in [4.78, 5) is 14.6. The Hall–Kier alpha value is -2.54. The highest BCUT2D eigenvalue weighted by molar-refractivity contribution is 5.94. The Morgan fingerprint density at radius 3 is 2.81 bits per heavy atom. The minimum Gasteiger partial charge on any atom is -0.497 e. The van der Waals surface area contributed by atoms with Crippen LogP contribution in [0, 0.1) is 0 Å². The molecule has 0 unspecified atom stereocenters. The molecule has 2 aromatic rings. The summed E-state index contributed by atoms with van der Waals surface area (Å²) in [5, 5.41) is 7.24. The number of methoxy groups -OCH3 is 2. The third kappa shape index (κ3) is 3.39. The zero-order chi connectivity index (χ0) is 18.8. The number of hydrogen-bond acceptors (Lipinski definition) is 5. The highest BCUT2D eigenvalue weighted by Crippen LogP contribution is 2.31. The number of carbonyl (C=O) groups is 1. The maximum absolute atomic E-state index is 13.0. The molecule has 7 nitrogen and oxygen atoms in total. The van der Waals surface area contributed by atoms with Crippen molar-refractivity contribution in [3.63, 3.8) is 0 Å². The Morgan fingerprint density at radius 1 is 1.35 bits per heavy atom. The van der Waals surface area contributed by atoms with Crippen LogP contribution in [0.2, 0.25) is 0 Å².